The van der Waals surface area contributed by atoms with E-state index in [1.807, 2.05) is 31.2 Å². The quantitative estimate of drug-likeness (QED) is 0.303. The maximum atomic E-state index is 5.06. The number of hydrogen-bond donors (Lipinski definition) is 1. The van der Waals surface area contributed by atoms with Gasteiger partial charge in [-0.25, -0.2) is 4.98 Å². The van der Waals surface area contributed by atoms with Gasteiger partial charge in [-0.05, 0) is 35.4 Å². The van der Waals surface area contributed by atoms with E-state index in [1.165, 1.54) is 10.8 Å². The van der Waals surface area contributed by atoms with Crippen LogP contribution in [0.1, 0.15) is 5.56 Å². The number of benzene rings is 2. The predicted molar refractivity (Wildman–Crippen MR) is 72.7 cm³/mol. The fourth-order valence-corrected chi connectivity index (χ4v) is 2.30. The molecule has 0 saturated heterocycles. The Morgan fingerprint density at radius 1 is 1.11 bits per heavy atom. The second-order valence-corrected chi connectivity index (χ2v) is 4.19. The average Bonchev–Trinajstić information content (AvgIpc) is 2.38. The van der Waals surface area contributed by atoms with Crippen LogP contribution in [0.3, 0.4) is 0 Å². The maximum Gasteiger partial charge on any atom is 0.176 e. The van der Waals surface area contributed by atoms with Gasteiger partial charge in [0.2, 0.25) is 0 Å². The van der Waals surface area contributed by atoms with Crippen molar-refractivity contribution < 1.29 is 0 Å². The Labute approximate surface area is 104 Å². The van der Waals surface area contributed by atoms with Crippen LogP contribution in [0.25, 0.3) is 21.7 Å². The van der Waals surface area contributed by atoms with Gasteiger partial charge in [0, 0.05) is 5.39 Å². The van der Waals surface area contributed by atoms with Crippen molar-refractivity contribution in [1.29, 1.82) is 0 Å². The molecule has 1 heterocycles. The van der Waals surface area contributed by atoms with E-state index in [4.69, 9.17) is 5.84 Å². The van der Waals surface area contributed by atoms with Crippen molar-refractivity contribution in [3.63, 3.8) is 0 Å². The van der Waals surface area contributed by atoms with Gasteiger partial charge >= 0.3 is 0 Å². The molecule has 4 heteroatoms. The van der Waals surface area contributed by atoms with Crippen LogP contribution in [-0.4, -0.2) is 4.98 Å². The average molecular weight is 236 g/mol. The zero-order chi connectivity index (χ0) is 12.5. The Bertz CT molecular complexity index is 762. The minimum Gasteiger partial charge on any atom is -0.305 e. The topological polar surface area (TPSA) is 63.6 Å². The van der Waals surface area contributed by atoms with Gasteiger partial charge in [-0.2, -0.15) is 0 Å². The SMILES string of the molecule is Cc1cc(N=NN)nc2ccc3ccccc3c12. The Balaban J connectivity index is 2.45. The molecule has 0 atom stereocenters. The van der Waals surface area contributed by atoms with E-state index in [0.717, 1.165) is 16.5 Å². The summed E-state index contributed by atoms with van der Waals surface area (Å²) in [6.07, 6.45) is 0. The van der Waals surface area contributed by atoms with Crippen molar-refractivity contribution in [2.45, 2.75) is 6.92 Å². The lowest BCUT2D eigenvalue weighted by atomic mass is 10.0. The number of hydrogen-bond acceptors (Lipinski definition) is 3. The van der Waals surface area contributed by atoms with E-state index in [2.05, 4.69) is 33.5 Å². The number of aryl methyl sites for hydroxylation is 1. The summed E-state index contributed by atoms with van der Waals surface area (Å²) in [5.41, 5.74) is 2.04. The summed E-state index contributed by atoms with van der Waals surface area (Å²) >= 11 is 0. The second-order valence-electron chi connectivity index (χ2n) is 4.19. The zero-order valence-corrected chi connectivity index (χ0v) is 9.96. The summed E-state index contributed by atoms with van der Waals surface area (Å²) in [6, 6.07) is 14.2. The van der Waals surface area contributed by atoms with E-state index >= 15 is 0 Å². The van der Waals surface area contributed by atoms with Gasteiger partial charge < -0.3 is 5.84 Å². The van der Waals surface area contributed by atoms with E-state index in [1.54, 1.807) is 0 Å². The smallest absolute Gasteiger partial charge is 0.176 e. The molecule has 2 N–H and O–H groups in total. The van der Waals surface area contributed by atoms with E-state index in [-0.39, 0.29) is 0 Å². The molecule has 0 bridgehead atoms. The van der Waals surface area contributed by atoms with E-state index in [9.17, 15) is 0 Å². The molecule has 0 amide bonds. The summed E-state index contributed by atoms with van der Waals surface area (Å²) in [6.45, 7) is 2.05. The first-order valence-electron chi connectivity index (χ1n) is 5.69. The molecule has 18 heavy (non-hydrogen) atoms. The van der Waals surface area contributed by atoms with Crippen LogP contribution in [0.4, 0.5) is 5.82 Å². The first kappa shape index (κ1) is 10.7. The third-order valence-corrected chi connectivity index (χ3v) is 3.04. The van der Waals surface area contributed by atoms with Crippen molar-refractivity contribution in [3.05, 3.63) is 48.0 Å². The number of nitrogens with zero attached hydrogens (tertiary/aromatic N) is 3. The molecule has 0 radical (unpaired) electrons. The number of pyridine rings is 1. The van der Waals surface area contributed by atoms with Crippen LogP contribution in [0, 0.1) is 6.92 Å². The van der Waals surface area contributed by atoms with Gasteiger partial charge in [0.25, 0.3) is 0 Å². The molecule has 0 unspecified atom stereocenters. The normalized spacial score (nSPS) is 11.6. The molecule has 88 valence electrons. The number of fused-ring (bicyclic) bond motifs is 3. The molecule has 0 spiro atoms. The van der Waals surface area contributed by atoms with Crippen LogP contribution in [-0.2, 0) is 0 Å². The van der Waals surface area contributed by atoms with Gasteiger partial charge in [-0.1, -0.05) is 35.6 Å². The molecular formula is C14H12N4. The lowest BCUT2D eigenvalue weighted by Gasteiger charge is -2.06. The first-order valence-corrected chi connectivity index (χ1v) is 5.69. The van der Waals surface area contributed by atoms with Gasteiger partial charge in [0.05, 0.1) is 5.52 Å². The van der Waals surface area contributed by atoms with E-state index in [0.29, 0.717) is 5.82 Å². The Morgan fingerprint density at radius 3 is 2.78 bits per heavy atom. The summed E-state index contributed by atoms with van der Waals surface area (Å²) in [5.74, 6) is 5.60. The minimum atomic E-state index is 0.540. The highest BCUT2D eigenvalue weighted by atomic mass is 15.3. The lowest BCUT2D eigenvalue weighted by molar-refractivity contribution is 1.04. The van der Waals surface area contributed by atoms with Crippen LogP contribution in [0.15, 0.2) is 52.8 Å². The minimum absolute atomic E-state index is 0.540. The Morgan fingerprint density at radius 2 is 1.94 bits per heavy atom. The van der Waals surface area contributed by atoms with Crippen molar-refractivity contribution in [2.24, 2.45) is 16.2 Å². The standard InChI is InChI=1S/C14H12N4/c1-9-8-13(17-18-15)16-12-7-6-10-4-2-3-5-11(10)14(9)12/h2-8H,1H3,(H2,15,16,17). The van der Waals surface area contributed by atoms with Crippen molar-refractivity contribution in [3.8, 4) is 0 Å². The molecular weight excluding hydrogens is 224 g/mol. The van der Waals surface area contributed by atoms with Crippen molar-refractivity contribution >= 4 is 27.5 Å². The maximum absolute atomic E-state index is 5.06. The third-order valence-electron chi connectivity index (χ3n) is 3.04. The van der Waals surface area contributed by atoms with Crippen LogP contribution < -0.4 is 5.84 Å². The molecule has 0 aliphatic carbocycles. The molecule has 0 fully saturated rings. The monoisotopic (exact) mass is 236 g/mol. The Hall–Kier alpha value is -2.49. The molecule has 3 aromatic rings. The van der Waals surface area contributed by atoms with Gasteiger partial charge in [-0.3, -0.25) is 0 Å². The number of rotatable bonds is 1. The summed E-state index contributed by atoms with van der Waals surface area (Å²) in [4.78, 5) is 4.44. The second kappa shape index (κ2) is 4.07. The predicted octanol–water partition coefficient (Wildman–Crippen LogP) is 3.65. The van der Waals surface area contributed by atoms with Crippen molar-refractivity contribution in [1.82, 2.24) is 4.98 Å². The summed E-state index contributed by atoms with van der Waals surface area (Å²) < 4.78 is 0. The fraction of sp³-hybridized carbons (Fsp3) is 0.0714. The van der Waals surface area contributed by atoms with Crippen LogP contribution >= 0.6 is 0 Å². The van der Waals surface area contributed by atoms with E-state index < -0.39 is 0 Å². The summed E-state index contributed by atoms with van der Waals surface area (Å²) in [7, 11) is 0. The number of aromatic nitrogens is 1. The summed E-state index contributed by atoms with van der Waals surface area (Å²) in [5, 5.41) is 10.6. The molecule has 3 rings (SSSR count). The number of nitrogens with two attached hydrogens (primary N) is 1. The third kappa shape index (κ3) is 1.59. The highest BCUT2D eigenvalue weighted by Gasteiger charge is 2.06. The van der Waals surface area contributed by atoms with Crippen LogP contribution in [0.2, 0.25) is 0 Å². The first-order chi connectivity index (χ1) is 8.79. The van der Waals surface area contributed by atoms with Gasteiger partial charge in [0.1, 0.15) is 0 Å². The largest absolute Gasteiger partial charge is 0.305 e. The molecule has 1 aromatic heterocycles. The van der Waals surface area contributed by atoms with Crippen LogP contribution in [0.5, 0.6) is 0 Å². The van der Waals surface area contributed by atoms with Gasteiger partial charge in [-0.15, -0.1) is 5.11 Å². The lowest BCUT2D eigenvalue weighted by Crippen LogP contribution is -1.86. The fourth-order valence-electron chi connectivity index (χ4n) is 2.30. The highest BCUT2D eigenvalue weighted by molar-refractivity contribution is 6.08. The van der Waals surface area contributed by atoms with Gasteiger partial charge in [0.15, 0.2) is 5.82 Å². The molecule has 0 aliphatic heterocycles. The Kier molecular flexibility index (Phi) is 2.41. The molecule has 4 nitrogen and oxygen atoms in total. The van der Waals surface area contributed by atoms with Crippen molar-refractivity contribution in [2.75, 3.05) is 0 Å². The molecule has 2 aromatic carbocycles. The molecule has 0 saturated carbocycles. The zero-order valence-electron chi connectivity index (χ0n) is 9.96. The highest BCUT2D eigenvalue weighted by Crippen LogP contribution is 2.29. The molecule has 0 aliphatic rings.